The Labute approximate surface area is 182 Å². The molecule has 1 fully saturated rings. The highest BCUT2D eigenvalue weighted by atomic mass is 16.5. The minimum atomic E-state index is -0.158. The minimum absolute atomic E-state index is 0.158. The predicted octanol–water partition coefficient (Wildman–Crippen LogP) is 2.42. The van der Waals surface area contributed by atoms with E-state index in [4.69, 9.17) is 4.74 Å². The summed E-state index contributed by atoms with van der Waals surface area (Å²) in [4.78, 5) is 17.3. The van der Waals surface area contributed by atoms with Crippen LogP contribution in [0, 0.1) is 0 Å². The van der Waals surface area contributed by atoms with Gasteiger partial charge in [0.2, 0.25) is 0 Å². The number of rotatable bonds is 6. The van der Waals surface area contributed by atoms with E-state index in [1.807, 2.05) is 12.1 Å². The maximum Gasteiger partial charge on any atom is 0.347 e. The molecule has 5 rings (SSSR count). The highest BCUT2D eigenvalue weighted by molar-refractivity contribution is 5.58. The van der Waals surface area contributed by atoms with Crippen molar-refractivity contribution in [1.29, 1.82) is 0 Å². The van der Waals surface area contributed by atoms with Crippen LogP contribution < -0.4 is 15.3 Å². The Bertz CT molecular complexity index is 1110. The number of piperazine rings is 1. The lowest BCUT2D eigenvalue weighted by Crippen LogP contribution is -2.47. The zero-order valence-corrected chi connectivity index (χ0v) is 18.0. The predicted molar refractivity (Wildman–Crippen MR) is 122 cm³/mol. The molecule has 0 bridgehead atoms. The molecule has 1 aliphatic carbocycles. The summed E-state index contributed by atoms with van der Waals surface area (Å²) in [7, 11) is 1.72. The topological polar surface area (TPSA) is 66.4 Å². The SMILES string of the molecule is COc1ccccc1N1CCN(CCc2n[nH]c(=O)n2-c2ccc3c(c2)CCC3)CC1. The molecular weight excluding hydrogens is 390 g/mol. The van der Waals surface area contributed by atoms with Crippen LogP contribution in [0.1, 0.15) is 23.4 Å². The number of benzene rings is 2. The lowest BCUT2D eigenvalue weighted by molar-refractivity contribution is 0.258. The van der Waals surface area contributed by atoms with Crippen molar-refractivity contribution in [3.63, 3.8) is 0 Å². The van der Waals surface area contributed by atoms with Crippen LogP contribution in [0.5, 0.6) is 5.75 Å². The van der Waals surface area contributed by atoms with Gasteiger partial charge in [-0.25, -0.2) is 14.5 Å². The van der Waals surface area contributed by atoms with E-state index < -0.39 is 0 Å². The third-order valence-corrected chi connectivity index (χ3v) is 6.53. The summed E-state index contributed by atoms with van der Waals surface area (Å²) in [6, 6.07) is 14.6. The average Bonchev–Trinajstić information content (AvgIpc) is 3.43. The van der Waals surface area contributed by atoms with Crippen LogP contribution in [-0.4, -0.2) is 59.5 Å². The second-order valence-electron chi connectivity index (χ2n) is 8.34. The third-order valence-electron chi connectivity index (χ3n) is 6.53. The molecule has 0 saturated carbocycles. The van der Waals surface area contributed by atoms with Gasteiger partial charge in [0, 0.05) is 39.1 Å². The number of hydrogen-bond acceptors (Lipinski definition) is 5. The van der Waals surface area contributed by atoms with Gasteiger partial charge in [-0.15, -0.1) is 0 Å². The first-order valence-corrected chi connectivity index (χ1v) is 11.1. The molecule has 31 heavy (non-hydrogen) atoms. The molecule has 2 aromatic carbocycles. The van der Waals surface area contributed by atoms with E-state index in [0.717, 1.165) is 74.9 Å². The number of H-pyrrole nitrogens is 1. The fraction of sp³-hybridized carbons (Fsp3) is 0.417. The molecule has 162 valence electrons. The van der Waals surface area contributed by atoms with Crippen LogP contribution in [0.15, 0.2) is 47.3 Å². The van der Waals surface area contributed by atoms with Gasteiger partial charge in [-0.05, 0) is 54.7 Å². The quantitative estimate of drug-likeness (QED) is 0.665. The number of aryl methyl sites for hydroxylation is 2. The number of fused-ring (bicyclic) bond motifs is 1. The molecule has 0 radical (unpaired) electrons. The Balaban J connectivity index is 1.23. The lowest BCUT2D eigenvalue weighted by atomic mass is 10.1. The Hall–Kier alpha value is -3.06. The zero-order valence-electron chi connectivity index (χ0n) is 18.0. The summed E-state index contributed by atoms with van der Waals surface area (Å²) in [5, 5.41) is 6.98. The number of para-hydroxylation sites is 2. The first-order chi connectivity index (χ1) is 15.2. The van der Waals surface area contributed by atoms with Crippen molar-refractivity contribution in [2.24, 2.45) is 0 Å². The molecule has 0 atom stereocenters. The van der Waals surface area contributed by atoms with Gasteiger partial charge in [-0.2, -0.15) is 5.10 Å². The smallest absolute Gasteiger partial charge is 0.347 e. The third kappa shape index (κ3) is 3.97. The highest BCUT2D eigenvalue weighted by Gasteiger charge is 2.21. The van der Waals surface area contributed by atoms with Crippen molar-refractivity contribution < 1.29 is 4.74 Å². The Morgan fingerprint density at radius 1 is 1.03 bits per heavy atom. The van der Waals surface area contributed by atoms with E-state index in [2.05, 4.69) is 50.3 Å². The normalized spacial score (nSPS) is 16.5. The molecule has 2 aliphatic rings. The molecule has 0 amide bonds. The van der Waals surface area contributed by atoms with Gasteiger partial charge in [0.25, 0.3) is 0 Å². The van der Waals surface area contributed by atoms with E-state index in [0.29, 0.717) is 0 Å². The fourth-order valence-corrected chi connectivity index (χ4v) is 4.82. The van der Waals surface area contributed by atoms with Gasteiger partial charge < -0.3 is 9.64 Å². The van der Waals surface area contributed by atoms with Crippen LogP contribution in [0.2, 0.25) is 0 Å². The van der Waals surface area contributed by atoms with Crippen molar-refractivity contribution in [1.82, 2.24) is 19.7 Å². The molecule has 1 saturated heterocycles. The van der Waals surface area contributed by atoms with Crippen LogP contribution in [0.3, 0.4) is 0 Å². The molecule has 1 aromatic heterocycles. The van der Waals surface area contributed by atoms with Crippen LogP contribution in [0.25, 0.3) is 5.69 Å². The van der Waals surface area contributed by atoms with Crippen LogP contribution >= 0.6 is 0 Å². The molecule has 0 unspecified atom stereocenters. The summed E-state index contributed by atoms with van der Waals surface area (Å²) in [6.07, 6.45) is 4.18. The minimum Gasteiger partial charge on any atom is -0.495 e. The number of nitrogens with zero attached hydrogens (tertiary/aromatic N) is 4. The van der Waals surface area contributed by atoms with Gasteiger partial charge in [0.05, 0.1) is 18.5 Å². The van der Waals surface area contributed by atoms with E-state index in [-0.39, 0.29) is 5.69 Å². The van der Waals surface area contributed by atoms with Crippen molar-refractivity contribution >= 4 is 5.69 Å². The first-order valence-electron chi connectivity index (χ1n) is 11.1. The molecule has 2 heterocycles. The molecule has 0 spiro atoms. The number of ether oxygens (including phenoxy) is 1. The first kappa shape index (κ1) is 19.9. The summed E-state index contributed by atoms with van der Waals surface area (Å²) in [5.41, 5.74) is 4.70. The number of methoxy groups -OCH3 is 1. The molecular formula is C24H29N5O2. The largest absolute Gasteiger partial charge is 0.495 e. The van der Waals surface area contributed by atoms with Gasteiger partial charge in [-0.1, -0.05) is 18.2 Å². The molecule has 1 aliphatic heterocycles. The van der Waals surface area contributed by atoms with E-state index in [1.54, 1.807) is 11.7 Å². The zero-order chi connectivity index (χ0) is 21.2. The summed E-state index contributed by atoms with van der Waals surface area (Å²) < 4.78 is 7.26. The molecule has 1 N–H and O–H groups in total. The van der Waals surface area contributed by atoms with Crippen molar-refractivity contribution in [3.8, 4) is 11.4 Å². The number of aromatic amines is 1. The molecule has 7 heteroatoms. The van der Waals surface area contributed by atoms with Crippen LogP contribution in [-0.2, 0) is 19.3 Å². The molecule has 7 nitrogen and oxygen atoms in total. The number of nitrogens with one attached hydrogen (secondary N) is 1. The number of anilines is 1. The average molecular weight is 420 g/mol. The van der Waals surface area contributed by atoms with Gasteiger partial charge in [-0.3, -0.25) is 4.90 Å². The maximum absolute atomic E-state index is 12.5. The number of aromatic nitrogens is 3. The monoisotopic (exact) mass is 419 g/mol. The Kier molecular flexibility index (Phi) is 5.51. The Morgan fingerprint density at radius 2 is 1.84 bits per heavy atom. The lowest BCUT2D eigenvalue weighted by Gasteiger charge is -2.36. The summed E-state index contributed by atoms with van der Waals surface area (Å²) >= 11 is 0. The number of hydrogen-bond donors (Lipinski definition) is 1. The fourth-order valence-electron chi connectivity index (χ4n) is 4.82. The Morgan fingerprint density at radius 3 is 2.68 bits per heavy atom. The van der Waals surface area contributed by atoms with Crippen LogP contribution in [0.4, 0.5) is 5.69 Å². The highest BCUT2D eigenvalue weighted by Crippen LogP contribution is 2.28. The van der Waals surface area contributed by atoms with E-state index in [1.165, 1.54) is 17.5 Å². The second-order valence-corrected chi connectivity index (χ2v) is 8.34. The van der Waals surface area contributed by atoms with Crippen molar-refractivity contribution in [2.75, 3.05) is 44.7 Å². The van der Waals surface area contributed by atoms with Gasteiger partial charge in [0.15, 0.2) is 0 Å². The van der Waals surface area contributed by atoms with Gasteiger partial charge in [0.1, 0.15) is 11.6 Å². The molecule has 3 aromatic rings. The summed E-state index contributed by atoms with van der Waals surface area (Å²) in [5.74, 6) is 1.72. The van der Waals surface area contributed by atoms with Crippen molar-refractivity contribution in [2.45, 2.75) is 25.7 Å². The summed E-state index contributed by atoms with van der Waals surface area (Å²) in [6.45, 7) is 4.75. The van der Waals surface area contributed by atoms with Crippen molar-refractivity contribution in [3.05, 3.63) is 69.9 Å². The second kappa shape index (κ2) is 8.59. The maximum atomic E-state index is 12.5. The standard InChI is InChI=1S/C24H29N5O2/c1-31-22-8-3-2-7-21(22)28-15-13-27(14-16-28)12-11-23-25-26-24(30)29(23)20-10-9-18-5-4-6-19(18)17-20/h2-3,7-10,17H,4-6,11-16H2,1H3,(H,26,30). The van der Waals surface area contributed by atoms with E-state index in [9.17, 15) is 4.79 Å². The van der Waals surface area contributed by atoms with E-state index >= 15 is 0 Å². The van der Waals surface area contributed by atoms with Gasteiger partial charge >= 0.3 is 5.69 Å².